The summed E-state index contributed by atoms with van der Waals surface area (Å²) in [6.07, 6.45) is 6.13. The molecule has 0 aromatic heterocycles. The number of rotatable bonds is 6. The SMILES string of the molecule is CCCC[C@@H](CC)CNC(=O)N1CCC[C@@H](O)C1. The first kappa shape index (κ1) is 15.3. The third kappa shape index (κ3) is 5.25. The van der Waals surface area contributed by atoms with Crippen molar-refractivity contribution in [2.24, 2.45) is 5.92 Å². The third-order valence-electron chi connectivity index (χ3n) is 3.77. The number of β-amino-alcohol motifs (C(OH)–C–C–N with tert-alkyl or cyclic N) is 1. The van der Waals surface area contributed by atoms with E-state index in [0.29, 0.717) is 12.5 Å². The average molecular weight is 256 g/mol. The molecular formula is C14H28N2O2. The van der Waals surface area contributed by atoms with Crippen molar-refractivity contribution in [2.45, 2.75) is 58.5 Å². The minimum absolute atomic E-state index is 0.0105. The summed E-state index contributed by atoms with van der Waals surface area (Å²) in [5.41, 5.74) is 0. The number of nitrogens with one attached hydrogen (secondary N) is 1. The Balaban J connectivity index is 2.26. The Morgan fingerprint density at radius 1 is 1.50 bits per heavy atom. The molecule has 1 fully saturated rings. The van der Waals surface area contributed by atoms with E-state index < -0.39 is 0 Å². The Morgan fingerprint density at radius 2 is 2.28 bits per heavy atom. The largest absolute Gasteiger partial charge is 0.391 e. The van der Waals surface area contributed by atoms with E-state index in [1.165, 1.54) is 19.3 Å². The number of urea groups is 1. The number of carbonyl (C=O) groups excluding carboxylic acids is 1. The van der Waals surface area contributed by atoms with Crippen molar-refractivity contribution in [3.63, 3.8) is 0 Å². The zero-order valence-electron chi connectivity index (χ0n) is 11.8. The Hall–Kier alpha value is -0.770. The van der Waals surface area contributed by atoms with Crippen molar-refractivity contribution in [1.82, 2.24) is 10.2 Å². The van der Waals surface area contributed by atoms with E-state index in [1.807, 2.05) is 0 Å². The second kappa shape index (κ2) is 8.35. The van der Waals surface area contributed by atoms with Gasteiger partial charge >= 0.3 is 6.03 Å². The van der Waals surface area contributed by atoms with E-state index in [0.717, 1.165) is 32.4 Å². The van der Waals surface area contributed by atoms with Gasteiger partial charge in [0.1, 0.15) is 0 Å². The van der Waals surface area contributed by atoms with E-state index in [1.54, 1.807) is 4.90 Å². The number of aliphatic hydroxyl groups excluding tert-OH is 1. The quantitative estimate of drug-likeness (QED) is 0.766. The Kier molecular flexibility index (Phi) is 7.09. The maximum Gasteiger partial charge on any atom is 0.317 e. The predicted molar refractivity (Wildman–Crippen MR) is 73.5 cm³/mol. The molecule has 0 unspecified atom stereocenters. The van der Waals surface area contributed by atoms with Crippen LogP contribution in [-0.4, -0.2) is 41.8 Å². The van der Waals surface area contributed by atoms with Gasteiger partial charge < -0.3 is 15.3 Å². The van der Waals surface area contributed by atoms with Crippen LogP contribution in [0.3, 0.4) is 0 Å². The summed E-state index contributed by atoms with van der Waals surface area (Å²) in [4.78, 5) is 13.7. The fourth-order valence-electron chi connectivity index (χ4n) is 2.43. The van der Waals surface area contributed by atoms with Crippen LogP contribution in [-0.2, 0) is 0 Å². The van der Waals surface area contributed by atoms with Crippen LogP contribution in [0.15, 0.2) is 0 Å². The summed E-state index contributed by atoms with van der Waals surface area (Å²) >= 11 is 0. The third-order valence-corrected chi connectivity index (χ3v) is 3.77. The molecule has 0 saturated carbocycles. The van der Waals surface area contributed by atoms with E-state index in [9.17, 15) is 9.90 Å². The van der Waals surface area contributed by atoms with Crippen LogP contribution in [0.4, 0.5) is 4.79 Å². The standard InChI is InChI=1S/C14H28N2O2/c1-3-5-7-12(4-2)10-15-14(18)16-9-6-8-13(17)11-16/h12-13,17H,3-11H2,1-2H3,(H,15,18)/t12-,13-/m1/s1. The first-order valence-corrected chi connectivity index (χ1v) is 7.38. The highest BCUT2D eigenvalue weighted by atomic mass is 16.3. The van der Waals surface area contributed by atoms with Crippen molar-refractivity contribution < 1.29 is 9.90 Å². The van der Waals surface area contributed by atoms with Gasteiger partial charge in [-0.2, -0.15) is 0 Å². The molecule has 1 heterocycles. The molecule has 4 nitrogen and oxygen atoms in total. The van der Waals surface area contributed by atoms with E-state index in [-0.39, 0.29) is 12.1 Å². The number of hydrogen-bond donors (Lipinski definition) is 2. The highest BCUT2D eigenvalue weighted by Crippen LogP contribution is 2.13. The van der Waals surface area contributed by atoms with Crippen LogP contribution in [0.5, 0.6) is 0 Å². The molecule has 2 amide bonds. The summed E-state index contributed by atoms with van der Waals surface area (Å²) in [7, 11) is 0. The molecule has 4 heteroatoms. The van der Waals surface area contributed by atoms with Gasteiger partial charge in [-0.1, -0.05) is 33.1 Å². The van der Waals surface area contributed by atoms with Crippen molar-refractivity contribution >= 4 is 6.03 Å². The minimum Gasteiger partial charge on any atom is -0.391 e. The smallest absolute Gasteiger partial charge is 0.317 e. The molecule has 18 heavy (non-hydrogen) atoms. The lowest BCUT2D eigenvalue weighted by Crippen LogP contribution is -2.48. The molecule has 1 saturated heterocycles. The molecule has 106 valence electrons. The number of hydrogen-bond acceptors (Lipinski definition) is 2. The molecule has 2 atom stereocenters. The van der Waals surface area contributed by atoms with Crippen LogP contribution in [0.2, 0.25) is 0 Å². The van der Waals surface area contributed by atoms with Gasteiger partial charge in [0, 0.05) is 19.6 Å². The number of piperidine rings is 1. The van der Waals surface area contributed by atoms with Gasteiger partial charge in [-0.15, -0.1) is 0 Å². The Bertz CT molecular complexity index is 246. The second-order valence-corrected chi connectivity index (χ2v) is 5.34. The van der Waals surface area contributed by atoms with Gasteiger partial charge in [-0.25, -0.2) is 4.79 Å². The fraction of sp³-hybridized carbons (Fsp3) is 0.929. The first-order chi connectivity index (χ1) is 8.67. The molecule has 1 aliphatic rings. The van der Waals surface area contributed by atoms with E-state index in [2.05, 4.69) is 19.2 Å². The normalized spacial score (nSPS) is 21.7. The lowest BCUT2D eigenvalue weighted by atomic mass is 9.99. The number of unbranched alkanes of at least 4 members (excludes halogenated alkanes) is 1. The Labute approximate surface area is 111 Å². The van der Waals surface area contributed by atoms with Crippen molar-refractivity contribution in [3.8, 4) is 0 Å². The molecule has 0 radical (unpaired) electrons. The van der Waals surface area contributed by atoms with E-state index in [4.69, 9.17) is 0 Å². The number of likely N-dealkylation sites (tertiary alicyclic amines) is 1. The molecule has 0 aliphatic carbocycles. The zero-order valence-corrected chi connectivity index (χ0v) is 11.8. The van der Waals surface area contributed by atoms with Crippen LogP contribution < -0.4 is 5.32 Å². The van der Waals surface area contributed by atoms with Crippen molar-refractivity contribution in [3.05, 3.63) is 0 Å². The number of carbonyl (C=O) groups is 1. The second-order valence-electron chi connectivity index (χ2n) is 5.34. The maximum atomic E-state index is 11.9. The summed E-state index contributed by atoms with van der Waals surface area (Å²) in [5.74, 6) is 0.587. The molecular weight excluding hydrogens is 228 g/mol. The average Bonchev–Trinajstić information content (AvgIpc) is 2.38. The molecule has 0 aromatic rings. The summed E-state index contributed by atoms with van der Waals surface area (Å²) in [5, 5.41) is 12.6. The van der Waals surface area contributed by atoms with Gasteiger partial charge in [0.05, 0.1) is 6.10 Å². The molecule has 0 bridgehead atoms. The summed E-state index contributed by atoms with van der Waals surface area (Å²) in [6.45, 7) is 6.39. The van der Waals surface area contributed by atoms with Crippen molar-refractivity contribution in [1.29, 1.82) is 0 Å². The predicted octanol–water partition coefficient (Wildman–Crippen LogP) is 2.37. The first-order valence-electron chi connectivity index (χ1n) is 7.38. The van der Waals surface area contributed by atoms with Crippen LogP contribution in [0, 0.1) is 5.92 Å². The molecule has 0 aromatic carbocycles. The van der Waals surface area contributed by atoms with Crippen LogP contribution >= 0.6 is 0 Å². The number of aliphatic hydroxyl groups is 1. The lowest BCUT2D eigenvalue weighted by molar-refractivity contribution is 0.0839. The van der Waals surface area contributed by atoms with E-state index >= 15 is 0 Å². The number of amides is 2. The Morgan fingerprint density at radius 3 is 2.89 bits per heavy atom. The molecule has 1 rings (SSSR count). The zero-order chi connectivity index (χ0) is 13.4. The lowest BCUT2D eigenvalue weighted by Gasteiger charge is -2.30. The topological polar surface area (TPSA) is 52.6 Å². The highest BCUT2D eigenvalue weighted by Gasteiger charge is 2.22. The maximum absolute atomic E-state index is 11.9. The van der Waals surface area contributed by atoms with Gasteiger partial charge in [0.15, 0.2) is 0 Å². The van der Waals surface area contributed by atoms with Gasteiger partial charge in [0.25, 0.3) is 0 Å². The minimum atomic E-state index is -0.341. The molecule has 2 N–H and O–H groups in total. The van der Waals surface area contributed by atoms with Gasteiger partial charge in [-0.3, -0.25) is 0 Å². The fourth-order valence-corrected chi connectivity index (χ4v) is 2.43. The van der Waals surface area contributed by atoms with Crippen LogP contribution in [0.1, 0.15) is 52.4 Å². The molecule has 1 aliphatic heterocycles. The summed E-state index contributed by atoms with van der Waals surface area (Å²) < 4.78 is 0. The van der Waals surface area contributed by atoms with Gasteiger partial charge in [-0.05, 0) is 25.2 Å². The number of nitrogens with zero attached hydrogens (tertiary/aromatic N) is 1. The van der Waals surface area contributed by atoms with Crippen molar-refractivity contribution in [2.75, 3.05) is 19.6 Å². The monoisotopic (exact) mass is 256 g/mol. The van der Waals surface area contributed by atoms with Crippen LogP contribution in [0.25, 0.3) is 0 Å². The van der Waals surface area contributed by atoms with Gasteiger partial charge in [0.2, 0.25) is 0 Å². The molecule has 0 spiro atoms. The highest BCUT2D eigenvalue weighted by molar-refractivity contribution is 5.74. The summed E-state index contributed by atoms with van der Waals surface area (Å²) in [6, 6.07) is -0.0105.